The second-order valence-electron chi connectivity index (χ2n) is 11.6. The van der Waals surface area contributed by atoms with Crippen LogP contribution in [-0.2, 0) is 28.5 Å². The molecular weight excluding hydrogens is 556 g/mol. The van der Waals surface area contributed by atoms with E-state index in [2.05, 4.69) is 0 Å². The summed E-state index contributed by atoms with van der Waals surface area (Å²) in [7, 11) is 0. The zero-order chi connectivity index (χ0) is 29.0. The first-order valence-electron chi connectivity index (χ1n) is 14.7. The van der Waals surface area contributed by atoms with Gasteiger partial charge in [0, 0.05) is 17.6 Å². The van der Waals surface area contributed by atoms with Crippen LogP contribution < -0.4 is 24.6 Å². The fourth-order valence-electron chi connectivity index (χ4n) is 5.52. The van der Waals surface area contributed by atoms with Gasteiger partial charge in [0.05, 0.1) is 33.0 Å². The van der Waals surface area contributed by atoms with Crippen LogP contribution in [0, 0.1) is 0 Å². The van der Waals surface area contributed by atoms with Crippen molar-refractivity contribution in [2.45, 2.75) is 36.4 Å². The number of carbonyl (C=O) groups is 1. The number of aliphatic carboxylic acids is 1. The van der Waals surface area contributed by atoms with Gasteiger partial charge in [-0.3, -0.25) is 0 Å². The van der Waals surface area contributed by atoms with Gasteiger partial charge < -0.3 is 43.0 Å². The first-order valence-corrected chi connectivity index (χ1v) is 14.7. The van der Waals surface area contributed by atoms with Gasteiger partial charge in [-0.1, -0.05) is 24.3 Å². The highest BCUT2D eigenvalue weighted by atomic mass is 16.6. The molecule has 4 fully saturated rings. The maximum atomic E-state index is 13.4. The molecule has 224 valence electrons. The molecule has 3 aromatic carbocycles. The summed E-state index contributed by atoms with van der Waals surface area (Å²) in [5.74, 6) is 0.733. The highest BCUT2D eigenvalue weighted by Gasteiger charge is 2.48. The summed E-state index contributed by atoms with van der Waals surface area (Å²) in [5, 5.41) is 14.3. The number of fused-ring (bicyclic) bond motifs is 2. The smallest absolute Gasteiger partial charge is 0.341 e. The van der Waals surface area contributed by atoms with E-state index in [1.54, 1.807) is 0 Å². The number of rotatable bonds is 14. The molecular formula is C33H32O10. The third-order valence-corrected chi connectivity index (χ3v) is 8.28. The van der Waals surface area contributed by atoms with Crippen molar-refractivity contribution >= 4 is 28.4 Å². The normalized spacial score (nSPS) is 28.0. The molecule has 4 aliphatic heterocycles. The molecule has 0 bridgehead atoms. The fourth-order valence-corrected chi connectivity index (χ4v) is 5.52. The third kappa shape index (κ3) is 5.69. The highest BCUT2D eigenvalue weighted by molar-refractivity contribution is 6.05. The summed E-state index contributed by atoms with van der Waals surface area (Å²) in [6.45, 7) is 3.91. The Morgan fingerprint density at radius 3 is 2.00 bits per heavy atom. The van der Waals surface area contributed by atoms with Crippen molar-refractivity contribution in [2.24, 2.45) is 0 Å². The van der Waals surface area contributed by atoms with Crippen LogP contribution >= 0.6 is 0 Å². The number of benzene rings is 3. The first kappa shape index (κ1) is 26.9. The SMILES string of the molecule is O=C(O)C1(OCC2CO2)CC=c2ccc(OCC3CO3)cc2=C1c1c(OCC2CO2)ccc2ccc(OCC3CO3)cc12. The van der Waals surface area contributed by atoms with Gasteiger partial charge in [-0.05, 0) is 51.5 Å². The van der Waals surface area contributed by atoms with Crippen molar-refractivity contribution < 1.29 is 47.8 Å². The molecule has 10 nitrogen and oxygen atoms in total. The molecule has 0 saturated carbocycles. The second kappa shape index (κ2) is 10.8. The Morgan fingerprint density at radius 2 is 1.35 bits per heavy atom. The summed E-state index contributed by atoms with van der Waals surface area (Å²) in [6, 6.07) is 15.5. The summed E-state index contributed by atoms with van der Waals surface area (Å²) >= 11 is 0. The molecule has 0 amide bonds. The van der Waals surface area contributed by atoms with Gasteiger partial charge in [0.2, 0.25) is 0 Å². The molecule has 3 aromatic rings. The Morgan fingerprint density at radius 1 is 0.767 bits per heavy atom. The van der Waals surface area contributed by atoms with Gasteiger partial charge in [-0.2, -0.15) is 0 Å². The largest absolute Gasteiger partial charge is 0.491 e. The molecule has 43 heavy (non-hydrogen) atoms. The predicted molar refractivity (Wildman–Crippen MR) is 153 cm³/mol. The van der Waals surface area contributed by atoms with Crippen LogP contribution in [0.5, 0.6) is 17.2 Å². The van der Waals surface area contributed by atoms with E-state index in [1.807, 2.05) is 54.6 Å². The molecule has 0 spiro atoms. The molecule has 1 aliphatic carbocycles. The Kier molecular flexibility index (Phi) is 6.76. The minimum absolute atomic E-state index is 0.00544. The topological polar surface area (TPSA) is 124 Å². The van der Waals surface area contributed by atoms with Crippen LogP contribution in [0.3, 0.4) is 0 Å². The van der Waals surface area contributed by atoms with Crippen molar-refractivity contribution in [3.05, 3.63) is 64.5 Å². The van der Waals surface area contributed by atoms with Crippen molar-refractivity contribution in [3.8, 4) is 17.2 Å². The summed E-state index contributed by atoms with van der Waals surface area (Å²) in [5.41, 5.74) is -0.563. The fraction of sp³-hybridized carbons (Fsp3) is 0.424. The second-order valence-corrected chi connectivity index (χ2v) is 11.6. The van der Waals surface area contributed by atoms with E-state index in [4.69, 9.17) is 37.9 Å². The molecule has 5 aliphatic rings. The Balaban J connectivity index is 1.35. The molecule has 4 saturated heterocycles. The van der Waals surface area contributed by atoms with Crippen molar-refractivity contribution in [1.82, 2.24) is 0 Å². The lowest BCUT2D eigenvalue weighted by Gasteiger charge is -2.35. The van der Waals surface area contributed by atoms with E-state index < -0.39 is 11.6 Å². The molecule has 10 heteroatoms. The lowest BCUT2D eigenvalue weighted by atomic mass is 9.78. The van der Waals surface area contributed by atoms with E-state index in [1.165, 1.54) is 0 Å². The molecule has 0 radical (unpaired) electrons. The van der Waals surface area contributed by atoms with Crippen molar-refractivity contribution in [2.75, 3.05) is 52.9 Å². The third-order valence-electron chi connectivity index (χ3n) is 8.28. The molecule has 4 heterocycles. The summed E-state index contributed by atoms with van der Waals surface area (Å²) in [6.07, 6.45) is 2.09. The van der Waals surface area contributed by atoms with Gasteiger partial charge in [0.1, 0.15) is 61.5 Å². The Labute approximate surface area is 247 Å². The minimum atomic E-state index is -1.71. The standard InChI is InChI=1S/C33H32O10/c34-32(35)33(43-18-26-16-41-26)8-7-20-2-5-22(37-12-24-14-39-24)10-28(20)31(33)30-27-9-21(36-11-23-13-38-23)4-1-19(27)3-6-29(30)42-17-25-15-40-25/h1-7,9-10,23-26H,8,11-18H2,(H,34,35). The van der Waals surface area contributed by atoms with Crippen LogP contribution in [0.15, 0.2) is 48.5 Å². The van der Waals surface area contributed by atoms with Gasteiger partial charge in [0.15, 0.2) is 5.60 Å². The van der Waals surface area contributed by atoms with Gasteiger partial charge in [-0.25, -0.2) is 4.79 Å². The van der Waals surface area contributed by atoms with E-state index in [0.29, 0.717) is 79.9 Å². The molecule has 0 aromatic heterocycles. The predicted octanol–water partition coefficient (Wildman–Crippen LogP) is 1.79. The molecule has 5 atom stereocenters. The quantitative estimate of drug-likeness (QED) is 0.279. The van der Waals surface area contributed by atoms with Gasteiger partial charge in [-0.15, -0.1) is 0 Å². The van der Waals surface area contributed by atoms with Crippen LogP contribution in [0.1, 0.15) is 12.0 Å². The Hall–Kier alpha value is -3.67. The van der Waals surface area contributed by atoms with Gasteiger partial charge >= 0.3 is 5.97 Å². The van der Waals surface area contributed by atoms with Crippen molar-refractivity contribution in [1.29, 1.82) is 0 Å². The average Bonchev–Trinajstić information content (AvgIpc) is 3.82. The molecule has 5 unspecified atom stereocenters. The number of hydrogen-bond donors (Lipinski definition) is 1. The monoisotopic (exact) mass is 588 g/mol. The van der Waals surface area contributed by atoms with Crippen molar-refractivity contribution in [3.63, 3.8) is 0 Å². The minimum Gasteiger partial charge on any atom is -0.491 e. The number of ether oxygens (including phenoxy) is 8. The first-order chi connectivity index (χ1) is 21.1. The average molecular weight is 589 g/mol. The van der Waals surface area contributed by atoms with E-state index in [9.17, 15) is 9.90 Å². The van der Waals surface area contributed by atoms with Crippen LogP contribution in [-0.4, -0.2) is 93.9 Å². The zero-order valence-corrected chi connectivity index (χ0v) is 23.5. The lowest BCUT2D eigenvalue weighted by molar-refractivity contribution is -0.157. The van der Waals surface area contributed by atoms with Crippen LogP contribution in [0.4, 0.5) is 0 Å². The van der Waals surface area contributed by atoms with E-state index in [-0.39, 0.29) is 37.4 Å². The molecule has 8 rings (SSSR count). The number of epoxide rings is 4. The van der Waals surface area contributed by atoms with Crippen LogP contribution in [0.25, 0.3) is 22.4 Å². The molecule has 1 N–H and O–H groups in total. The van der Waals surface area contributed by atoms with Crippen LogP contribution in [0.2, 0.25) is 0 Å². The zero-order valence-electron chi connectivity index (χ0n) is 23.5. The lowest BCUT2D eigenvalue weighted by Crippen LogP contribution is -2.51. The maximum absolute atomic E-state index is 13.4. The highest BCUT2D eigenvalue weighted by Crippen LogP contribution is 2.43. The number of carboxylic acids is 1. The van der Waals surface area contributed by atoms with E-state index in [0.717, 1.165) is 16.0 Å². The summed E-state index contributed by atoms with van der Waals surface area (Å²) < 4.78 is 46.4. The summed E-state index contributed by atoms with van der Waals surface area (Å²) in [4.78, 5) is 13.4. The van der Waals surface area contributed by atoms with E-state index >= 15 is 0 Å². The number of carboxylic acid groups (broad SMARTS) is 1. The van der Waals surface area contributed by atoms with Gasteiger partial charge in [0.25, 0.3) is 0 Å². The maximum Gasteiger partial charge on any atom is 0.341 e. The number of hydrogen-bond acceptors (Lipinski definition) is 9. The Bertz CT molecular complexity index is 1680.